The van der Waals surface area contributed by atoms with Crippen molar-refractivity contribution < 1.29 is 18.0 Å². The highest BCUT2D eigenvalue weighted by atomic mass is 35.5. The molecule has 3 heterocycles. The second kappa shape index (κ2) is 7.33. The van der Waals surface area contributed by atoms with Gasteiger partial charge in [0.2, 0.25) is 0 Å². The zero-order valence-electron chi connectivity index (χ0n) is 14.5. The molecule has 1 aliphatic heterocycles. The number of carbonyl (C=O) groups excluding carboxylic acids is 1. The normalized spacial score (nSPS) is 15.9. The molecule has 2 aromatic heterocycles. The van der Waals surface area contributed by atoms with Crippen LogP contribution in [0.15, 0.2) is 36.5 Å². The molecule has 9 heteroatoms. The fourth-order valence-electron chi connectivity index (χ4n) is 3.34. The molecule has 0 saturated carbocycles. The van der Waals surface area contributed by atoms with Crippen molar-refractivity contribution in [1.29, 1.82) is 0 Å². The maximum Gasteiger partial charge on any atom is 0.416 e. The van der Waals surface area contributed by atoms with E-state index in [0.29, 0.717) is 24.2 Å². The molecule has 0 N–H and O–H groups in total. The van der Waals surface area contributed by atoms with Crippen LogP contribution in [0.25, 0.3) is 10.2 Å². The predicted molar refractivity (Wildman–Crippen MR) is 102 cm³/mol. The van der Waals surface area contributed by atoms with Crippen LogP contribution in [0.4, 0.5) is 13.2 Å². The first-order chi connectivity index (χ1) is 13.3. The van der Waals surface area contributed by atoms with Crippen molar-refractivity contribution in [2.45, 2.75) is 24.9 Å². The highest BCUT2D eigenvalue weighted by Gasteiger charge is 2.31. The predicted octanol–water partition coefficient (Wildman–Crippen LogP) is 5.38. The van der Waals surface area contributed by atoms with Gasteiger partial charge >= 0.3 is 6.18 Å². The Labute approximate surface area is 168 Å². The minimum atomic E-state index is -4.38. The van der Waals surface area contributed by atoms with Crippen LogP contribution in [0.3, 0.4) is 0 Å². The van der Waals surface area contributed by atoms with Gasteiger partial charge in [-0.15, -0.1) is 11.3 Å². The lowest BCUT2D eigenvalue weighted by atomic mass is 9.97. The second-order valence-corrected chi connectivity index (χ2v) is 8.12. The number of benzene rings is 1. The van der Waals surface area contributed by atoms with E-state index in [1.54, 1.807) is 17.0 Å². The number of nitrogens with zero attached hydrogens (tertiary/aromatic N) is 3. The number of amides is 1. The van der Waals surface area contributed by atoms with E-state index in [0.717, 1.165) is 34.7 Å². The molecule has 0 spiro atoms. The number of hydrogen-bond donors (Lipinski definition) is 0. The zero-order chi connectivity index (χ0) is 19.9. The van der Waals surface area contributed by atoms with Gasteiger partial charge in [0.05, 0.1) is 20.8 Å². The molecule has 1 aliphatic rings. The number of carbonyl (C=O) groups is 1. The molecule has 0 unspecified atom stereocenters. The molecule has 4 nitrogen and oxygen atoms in total. The molecule has 0 radical (unpaired) electrons. The topological polar surface area (TPSA) is 46.1 Å². The third-order valence-electron chi connectivity index (χ3n) is 4.84. The fraction of sp³-hybridized carbons (Fsp3) is 0.316. The molecule has 1 amide bonds. The van der Waals surface area contributed by atoms with Crippen molar-refractivity contribution in [2.24, 2.45) is 0 Å². The summed E-state index contributed by atoms with van der Waals surface area (Å²) in [6, 6.07) is 6.84. The molecule has 28 heavy (non-hydrogen) atoms. The standard InChI is InChI=1S/C19H15ClF3N3OS/c20-16-9-12(3-6-24-16)18(27)26-7-4-11(5-8-26)17-25-14-10-13(19(21,22)23)1-2-15(14)28-17/h1-3,6,9-11H,4-5,7-8H2. The Kier molecular flexibility index (Phi) is 5.01. The van der Waals surface area contributed by atoms with Crippen LogP contribution >= 0.6 is 22.9 Å². The number of pyridine rings is 1. The van der Waals surface area contributed by atoms with Gasteiger partial charge in [-0.2, -0.15) is 13.2 Å². The molecule has 4 rings (SSSR count). The Hall–Kier alpha value is -2.19. The minimum Gasteiger partial charge on any atom is -0.339 e. The molecule has 1 saturated heterocycles. The van der Waals surface area contributed by atoms with Crippen LogP contribution in [0, 0.1) is 0 Å². The monoisotopic (exact) mass is 425 g/mol. The number of rotatable bonds is 2. The first kappa shape index (κ1) is 19.1. The van der Waals surface area contributed by atoms with Crippen molar-refractivity contribution in [3.8, 4) is 0 Å². The van der Waals surface area contributed by atoms with Gasteiger partial charge in [0.25, 0.3) is 5.91 Å². The van der Waals surface area contributed by atoms with E-state index < -0.39 is 11.7 Å². The summed E-state index contributed by atoms with van der Waals surface area (Å²) in [5.41, 5.74) is 0.186. The fourth-order valence-corrected chi connectivity index (χ4v) is 4.63. The second-order valence-electron chi connectivity index (χ2n) is 6.67. The van der Waals surface area contributed by atoms with Crippen molar-refractivity contribution in [3.63, 3.8) is 0 Å². The zero-order valence-corrected chi connectivity index (χ0v) is 16.1. The average Bonchev–Trinajstić information content (AvgIpc) is 3.10. The number of fused-ring (bicyclic) bond motifs is 1. The van der Waals surface area contributed by atoms with Gasteiger partial charge in [0.15, 0.2) is 0 Å². The highest BCUT2D eigenvalue weighted by molar-refractivity contribution is 7.18. The molecular weight excluding hydrogens is 411 g/mol. The quantitative estimate of drug-likeness (QED) is 0.517. The Balaban J connectivity index is 1.47. The summed E-state index contributed by atoms with van der Waals surface area (Å²) in [5.74, 6) is 0.0404. The Bertz CT molecular complexity index is 1030. The van der Waals surface area contributed by atoms with Gasteiger partial charge in [0.1, 0.15) is 5.15 Å². The van der Waals surface area contributed by atoms with Crippen molar-refractivity contribution >= 4 is 39.1 Å². The van der Waals surface area contributed by atoms with Gasteiger partial charge in [-0.25, -0.2) is 9.97 Å². The third-order valence-corrected chi connectivity index (χ3v) is 6.24. The van der Waals surface area contributed by atoms with Crippen LogP contribution < -0.4 is 0 Å². The summed E-state index contributed by atoms with van der Waals surface area (Å²) in [6.07, 6.45) is -1.44. The van der Waals surface area contributed by atoms with Crippen LogP contribution in [0.5, 0.6) is 0 Å². The first-order valence-corrected chi connectivity index (χ1v) is 9.89. The largest absolute Gasteiger partial charge is 0.416 e. The number of likely N-dealkylation sites (tertiary alicyclic amines) is 1. The van der Waals surface area contributed by atoms with Gasteiger partial charge in [-0.1, -0.05) is 11.6 Å². The summed E-state index contributed by atoms with van der Waals surface area (Å²) in [5, 5.41) is 1.10. The smallest absolute Gasteiger partial charge is 0.339 e. The van der Waals surface area contributed by atoms with E-state index in [1.165, 1.54) is 23.6 Å². The van der Waals surface area contributed by atoms with Gasteiger partial charge in [-0.05, 0) is 43.2 Å². The van der Waals surface area contributed by atoms with Crippen LogP contribution in [0.2, 0.25) is 5.15 Å². The van der Waals surface area contributed by atoms with E-state index in [2.05, 4.69) is 9.97 Å². The molecule has 0 bridgehead atoms. The number of halogens is 4. The molecule has 3 aromatic rings. The number of hydrogen-bond acceptors (Lipinski definition) is 4. The summed E-state index contributed by atoms with van der Waals surface area (Å²) in [7, 11) is 0. The summed E-state index contributed by atoms with van der Waals surface area (Å²) < 4.78 is 39.4. The number of thiazole rings is 1. The van der Waals surface area contributed by atoms with E-state index >= 15 is 0 Å². The Morgan fingerprint density at radius 2 is 1.93 bits per heavy atom. The number of aromatic nitrogens is 2. The van der Waals surface area contributed by atoms with Crippen molar-refractivity contribution in [3.05, 3.63) is 57.8 Å². The van der Waals surface area contributed by atoms with Crippen molar-refractivity contribution in [2.75, 3.05) is 13.1 Å². The number of piperidine rings is 1. The van der Waals surface area contributed by atoms with Gasteiger partial charge in [0, 0.05) is 30.8 Å². The van der Waals surface area contributed by atoms with E-state index in [1.807, 2.05) is 0 Å². The van der Waals surface area contributed by atoms with E-state index in [-0.39, 0.29) is 17.0 Å². The third kappa shape index (κ3) is 3.84. The van der Waals surface area contributed by atoms with Gasteiger partial charge < -0.3 is 4.90 Å². The van der Waals surface area contributed by atoms with Gasteiger partial charge in [-0.3, -0.25) is 4.79 Å². The summed E-state index contributed by atoms with van der Waals surface area (Å²) in [6.45, 7) is 1.13. The molecular formula is C19H15ClF3N3OS. The lowest BCUT2D eigenvalue weighted by molar-refractivity contribution is -0.137. The van der Waals surface area contributed by atoms with Crippen LogP contribution in [-0.2, 0) is 6.18 Å². The van der Waals surface area contributed by atoms with Crippen molar-refractivity contribution in [1.82, 2.24) is 14.9 Å². The van der Waals surface area contributed by atoms with Crippen LogP contribution in [0.1, 0.15) is 39.7 Å². The maximum absolute atomic E-state index is 12.9. The number of alkyl halides is 3. The molecule has 1 fully saturated rings. The molecule has 0 aliphatic carbocycles. The first-order valence-electron chi connectivity index (χ1n) is 8.70. The maximum atomic E-state index is 12.9. The Morgan fingerprint density at radius 3 is 2.61 bits per heavy atom. The molecule has 0 atom stereocenters. The lowest BCUT2D eigenvalue weighted by Gasteiger charge is -2.31. The SMILES string of the molecule is O=C(c1ccnc(Cl)c1)N1CCC(c2nc3cc(C(F)(F)F)ccc3s2)CC1. The van der Waals surface area contributed by atoms with E-state index in [9.17, 15) is 18.0 Å². The van der Waals surface area contributed by atoms with E-state index in [4.69, 9.17) is 11.6 Å². The lowest BCUT2D eigenvalue weighted by Crippen LogP contribution is -2.37. The molecule has 1 aromatic carbocycles. The average molecular weight is 426 g/mol. The summed E-state index contributed by atoms with van der Waals surface area (Å²) in [4.78, 5) is 22.7. The van der Waals surface area contributed by atoms with Crippen LogP contribution in [-0.4, -0.2) is 33.9 Å². The summed E-state index contributed by atoms with van der Waals surface area (Å²) >= 11 is 7.27. The molecule has 146 valence electrons. The minimum absolute atomic E-state index is 0.0955. The highest BCUT2D eigenvalue weighted by Crippen LogP contribution is 2.37. The Morgan fingerprint density at radius 1 is 1.18 bits per heavy atom.